The molecule has 0 fully saturated rings. The second-order valence-electron chi connectivity index (χ2n) is 6.35. The third-order valence-electron chi connectivity index (χ3n) is 3.20. The molecule has 0 spiro atoms. The van der Waals surface area contributed by atoms with Crippen LogP contribution in [0.4, 0.5) is 13.2 Å². The highest BCUT2D eigenvalue weighted by molar-refractivity contribution is 5.77. The number of nitrogens with zero attached hydrogens (tertiary/aromatic N) is 2. The van der Waals surface area contributed by atoms with Crippen LogP contribution in [0, 0.1) is 0 Å². The van der Waals surface area contributed by atoms with Crippen molar-refractivity contribution in [1.82, 2.24) is 9.55 Å². The molecule has 0 aliphatic heterocycles. The second kappa shape index (κ2) is 4.50. The molecule has 0 radical (unpaired) electrons. The second-order valence-corrected chi connectivity index (χ2v) is 6.35. The lowest BCUT2D eigenvalue weighted by Crippen LogP contribution is -2.20. The maximum atomic E-state index is 12.8. The van der Waals surface area contributed by atoms with Gasteiger partial charge in [0.25, 0.3) is 0 Å². The normalized spacial score (nSPS) is 13.4. The zero-order valence-corrected chi connectivity index (χ0v) is 12.3. The fraction of sp³-hybridized carbons (Fsp3) is 0.533. The molecule has 0 unspecified atom stereocenters. The molecule has 20 heavy (non-hydrogen) atoms. The van der Waals surface area contributed by atoms with E-state index >= 15 is 0 Å². The van der Waals surface area contributed by atoms with Crippen LogP contribution >= 0.6 is 0 Å². The van der Waals surface area contributed by atoms with E-state index < -0.39 is 11.7 Å². The molecule has 1 aromatic carbocycles. The van der Waals surface area contributed by atoms with Crippen molar-refractivity contribution in [3.8, 4) is 0 Å². The highest BCUT2D eigenvalue weighted by atomic mass is 19.4. The Bertz CT molecular complexity index is 631. The molecule has 0 aliphatic rings. The van der Waals surface area contributed by atoms with Crippen LogP contribution in [0.1, 0.15) is 52.0 Å². The van der Waals surface area contributed by atoms with E-state index in [0.29, 0.717) is 5.52 Å². The first-order chi connectivity index (χ1) is 9.01. The number of halogens is 3. The van der Waals surface area contributed by atoms with Gasteiger partial charge < -0.3 is 4.57 Å². The number of hydrogen-bond donors (Lipinski definition) is 0. The van der Waals surface area contributed by atoms with Crippen LogP contribution in [0.15, 0.2) is 18.2 Å². The summed E-state index contributed by atoms with van der Waals surface area (Å²) in [4.78, 5) is 4.44. The fourth-order valence-electron chi connectivity index (χ4n) is 2.33. The molecule has 0 saturated carbocycles. The summed E-state index contributed by atoms with van der Waals surface area (Å²) >= 11 is 0. The molecule has 110 valence electrons. The van der Waals surface area contributed by atoms with E-state index in [-0.39, 0.29) is 11.5 Å². The van der Waals surface area contributed by atoms with Crippen molar-refractivity contribution in [3.63, 3.8) is 0 Å². The standard InChI is InChI=1S/C15H19F3N2/c1-9(2)20-12-7-6-10(15(16,17)18)8-11(12)19-13(20)14(3,4)5/h6-9H,1-5H3. The SMILES string of the molecule is CC(C)n1c(C(C)(C)C)nc2cc(C(F)(F)F)ccc21. The predicted molar refractivity (Wildman–Crippen MR) is 73.8 cm³/mol. The molecule has 1 heterocycles. The Kier molecular flexibility index (Phi) is 3.35. The molecule has 2 rings (SSSR count). The van der Waals surface area contributed by atoms with Gasteiger partial charge in [0.1, 0.15) is 5.82 Å². The number of aromatic nitrogens is 2. The summed E-state index contributed by atoms with van der Waals surface area (Å²) in [6.45, 7) is 10.1. The summed E-state index contributed by atoms with van der Waals surface area (Å²) in [6.07, 6.45) is -4.34. The largest absolute Gasteiger partial charge is 0.416 e. The van der Waals surface area contributed by atoms with E-state index in [9.17, 15) is 13.2 Å². The van der Waals surface area contributed by atoms with Gasteiger partial charge in [0.05, 0.1) is 16.6 Å². The summed E-state index contributed by atoms with van der Waals surface area (Å²) in [5.74, 6) is 0.807. The molecule has 2 aromatic rings. The van der Waals surface area contributed by atoms with E-state index in [2.05, 4.69) is 4.98 Å². The van der Waals surface area contributed by atoms with Gasteiger partial charge in [-0.25, -0.2) is 4.98 Å². The minimum Gasteiger partial charge on any atom is -0.325 e. The zero-order valence-electron chi connectivity index (χ0n) is 12.3. The third kappa shape index (κ3) is 2.53. The minimum atomic E-state index is -4.34. The summed E-state index contributed by atoms with van der Waals surface area (Å²) in [5.41, 5.74) is 0.275. The fourth-order valence-corrected chi connectivity index (χ4v) is 2.33. The number of hydrogen-bond acceptors (Lipinski definition) is 1. The Balaban J connectivity index is 2.74. The van der Waals surface area contributed by atoms with Gasteiger partial charge in [0.2, 0.25) is 0 Å². The van der Waals surface area contributed by atoms with Crippen LogP contribution in [0.5, 0.6) is 0 Å². The average Bonchev–Trinajstić information content (AvgIpc) is 2.65. The van der Waals surface area contributed by atoms with Crippen LogP contribution < -0.4 is 0 Å². The third-order valence-corrected chi connectivity index (χ3v) is 3.20. The van der Waals surface area contributed by atoms with Gasteiger partial charge in [0.15, 0.2) is 0 Å². The Labute approximate surface area is 116 Å². The molecular formula is C15H19F3N2. The lowest BCUT2D eigenvalue weighted by molar-refractivity contribution is -0.137. The number of benzene rings is 1. The smallest absolute Gasteiger partial charge is 0.325 e. The Morgan fingerprint density at radius 3 is 2.15 bits per heavy atom. The van der Waals surface area contributed by atoms with E-state index in [1.807, 2.05) is 39.2 Å². The van der Waals surface area contributed by atoms with Crippen LogP contribution in [0.2, 0.25) is 0 Å². The Morgan fingerprint density at radius 2 is 1.70 bits per heavy atom. The molecular weight excluding hydrogens is 265 g/mol. The van der Waals surface area contributed by atoms with Crippen LogP contribution in [0.25, 0.3) is 11.0 Å². The Hall–Kier alpha value is -1.52. The average molecular weight is 284 g/mol. The topological polar surface area (TPSA) is 17.8 Å². The van der Waals surface area contributed by atoms with Crippen molar-refractivity contribution >= 4 is 11.0 Å². The molecule has 5 heteroatoms. The predicted octanol–water partition coefficient (Wildman–Crippen LogP) is 4.93. The van der Waals surface area contributed by atoms with Gasteiger partial charge in [-0.3, -0.25) is 0 Å². The zero-order chi connectivity index (χ0) is 15.3. The van der Waals surface area contributed by atoms with Crippen molar-refractivity contribution < 1.29 is 13.2 Å². The molecule has 2 nitrogen and oxygen atoms in total. The summed E-state index contributed by atoms with van der Waals surface area (Å²) in [7, 11) is 0. The number of rotatable bonds is 1. The number of imidazole rings is 1. The van der Waals surface area contributed by atoms with Crippen molar-refractivity contribution in [2.45, 2.75) is 52.3 Å². The molecule has 0 saturated heterocycles. The summed E-state index contributed by atoms with van der Waals surface area (Å²) in [5, 5.41) is 0. The van der Waals surface area contributed by atoms with Crippen LogP contribution in [0.3, 0.4) is 0 Å². The maximum Gasteiger partial charge on any atom is 0.416 e. The first-order valence-electron chi connectivity index (χ1n) is 6.61. The van der Waals surface area contributed by atoms with Gasteiger partial charge in [-0.2, -0.15) is 13.2 Å². The highest BCUT2D eigenvalue weighted by Crippen LogP contribution is 2.34. The van der Waals surface area contributed by atoms with E-state index in [4.69, 9.17) is 0 Å². The molecule has 0 aliphatic carbocycles. The first kappa shape index (κ1) is 14.9. The Morgan fingerprint density at radius 1 is 1.10 bits per heavy atom. The highest BCUT2D eigenvalue weighted by Gasteiger charge is 2.32. The lowest BCUT2D eigenvalue weighted by atomic mass is 9.95. The van der Waals surface area contributed by atoms with Gasteiger partial charge >= 0.3 is 6.18 Å². The van der Waals surface area contributed by atoms with Crippen molar-refractivity contribution in [1.29, 1.82) is 0 Å². The number of alkyl halides is 3. The number of fused-ring (bicyclic) bond motifs is 1. The molecule has 0 bridgehead atoms. The van der Waals surface area contributed by atoms with Gasteiger partial charge in [0, 0.05) is 11.5 Å². The monoisotopic (exact) mass is 284 g/mol. The van der Waals surface area contributed by atoms with Gasteiger partial charge in [-0.05, 0) is 32.0 Å². The van der Waals surface area contributed by atoms with Gasteiger partial charge in [-0.1, -0.05) is 20.8 Å². The van der Waals surface area contributed by atoms with E-state index in [0.717, 1.165) is 23.5 Å². The molecule has 1 aromatic heterocycles. The summed E-state index contributed by atoms with van der Waals surface area (Å²) < 4.78 is 40.4. The molecule has 0 amide bonds. The van der Waals surface area contributed by atoms with Crippen molar-refractivity contribution in [2.24, 2.45) is 0 Å². The van der Waals surface area contributed by atoms with Crippen LogP contribution in [-0.4, -0.2) is 9.55 Å². The molecule has 0 N–H and O–H groups in total. The quantitative estimate of drug-likeness (QED) is 0.725. The lowest BCUT2D eigenvalue weighted by Gasteiger charge is -2.22. The van der Waals surface area contributed by atoms with E-state index in [1.54, 1.807) is 0 Å². The van der Waals surface area contributed by atoms with Gasteiger partial charge in [-0.15, -0.1) is 0 Å². The van der Waals surface area contributed by atoms with Crippen molar-refractivity contribution in [3.05, 3.63) is 29.6 Å². The van der Waals surface area contributed by atoms with Crippen LogP contribution in [-0.2, 0) is 11.6 Å². The van der Waals surface area contributed by atoms with E-state index in [1.165, 1.54) is 6.07 Å². The molecule has 0 atom stereocenters. The van der Waals surface area contributed by atoms with Crippen molar-refractivity contribution in [2.75, 3.05) is 0 Å². The maximum absolute atomic E-state index is 12.8. The first-order valence-corrected chi connectivity index (χ1v) is 6.61. The minimum absolute atomic E-state index is 0.144. The summed E-state index contributed by atoms with van der Waals surface area (Å²) in [6, 6.07) is 3.91.